The van der Waals surface area contributed by atoms with Crippen molar-refractivity contribution in [2.45, 2.75) is 18.8 Å². The average Bonchev–Trinajstić information content (AvgIpc) is 2.54. The lowest BCUT2D eigenvalue weighted by Gasteiger charge is -2.37. The first-order valence-corrected chi connectivity index (χ1v) is 7.52. The minimum absolute atomic E-state index is 0.0644. The van der Waals surface area contributed by atoms with Gasteiger partial charge in [0.15, 0.2) is 11.6 Å². The van der Waals surface area contributed by atoms with Crippen LogP contribution in [0, 0.1) is 5.92 Å². The third-order valence-electron chi connectivity index (χ3n) is 4.86. The Bertz CT molecular complexity index is 791. The Kier molecular flexibility index (Phi) is 2.89. The summed E-state index contributed by atoms with van der Waals surface area (Å²) in [7, 11) is 1.63. The molecule has 0 heterocycles. The Morgan fingerprint density at radius 3 is 2.32 bits per heavy atom. The van der Waals surface area contributed by atoms with E-state index in [1.807, 2.05) is 42.5 Å². The molecular formula is C19H16O3. The lowest BCUT2D eigenvalue weighted by molar-refractivity contribution is 0.0884. The quantitative estimate of drug-likeness (QED) is 0.806. The maximum Gasteiger partial charge on any atom is 0.163 e. The van der Waals surface area contributed by atoms with Crippen LogP contribution in [0.2, 0.25) is 0 Å². The van der Waals surface area contributed by atoms with E-state index in [1.54, 1.807) is 7.11 Å². The van der Waals surface area contributed by atoms with Crippen molar-refractivity contribution in [3.8, 4) is 5.75 Å². The van der Waals surface area contributed by atoms with E-state index in [1.165, 1.54) is 0 Å². The Morgan fingerprint density at radius 1 is 0.909 bits per heavy atom. The molecule has 0 N–H and O–H groups in total. The summed E-state index contributed by atoms with van der Waals surface area (Å²) in [6.07, 6.45) is 0.897. The zero-order chi connectivity index (χ0) is 15.3. The van der Waals surface area contributed by atoms with Gasteiger partial charge in [0.05, 0.1) is 7.11 Å². The molecule has 2 aromatic carbocycles. The van der Waals surface area contributed by atoms with Gasteiger partial charge in [-0.3, -0.25) is 9.59 Å². The largest absolute Gasteiger partial charge is 0.497 e. The van der Waals surface area contributed by atoms with Crippen LogP contribution in [0.25, 0.3) is 0 Å². The lowest BCUT2D eigenvalue weighted by atomic mass is 9.65. The minimum atomic E-state index is 0.0644. The number of carbonyl (C=O) groups is 2. The van der Waals surface area contributed by atoms with Crippen molar-refractivity contribution < 1.29 is 14.3 Å². The van der Waals surface area contributed by atoms with Crippen molar-refractivity contribution in [1.29, 1.82) is 0 Å². The molecular weight excluding hydrogens is 276 g/mol. The van der Waals surface area contributed by atoms with Gasteiger partial charge in [0.2, 0.25) is 0 Å². The molecule has 0 radical (unpaired) electrons. The molecule has 110 valence electrons. The third-order valence-corrected chi connectivity index (χ3v) is 4.86. The predicted molar refractivity (Wildman–Crippen MR) is 82.7 cm³/mol. The molecule has 0 fully saturated rings. The number of ether oxygens (including phenoxy) is 1. The second-order valence-electron chi connectivity index (χ2n) is 6.03. The van der Waals surface area contributed by atoms with Gasteiger partial charge in [-0.2, -0.15) is 0 Å². The molecule has 0 aromatic heterocycles. The smallest absolute Gasteiger partial charge is 0.163 e. The lowest BCUT2D eigenvalue weighted by Crippen LogP contribution is -2.32. The highest BCUT2D eigenvalue weighted by atomic mass is 16.5. The second kappa shape index (κ2) is 4.80. The van der Waals surface area contributed by atoms with E-state index in [0.717, 1.165) is 28.0 Å². The van der Waals surface area contributed by atoms with Crippen LogP contribution in [-0.2, 0) is 0 Å². The number of hydrogen-bond acceptors (Lipinski definition) is 3. The second-order valence-corrected chi connectivity index (χ2v) is 6.03. The Labute approximate surface area is 128 Å². The molecule has 2 unspecified atom stereocenters. The molecule has 0 spiro atoms. The third kappa shape index (κ3) is 1.82. The van der Waals surface area contributed by atoms with Gasteiger partial charge in [0.25, 0.3) is 0 Å². The number of ketones is 2. The van der Waals surface area contributed by atoms with Crippen molar-refractivity contribution >= 4 is 11.6 Å². The van der Waals surface area contributed by atoms with E-state index in [2.05, 4.69) is 0 Å². The van der Waals surface area contributed by atoms with E-state index < -0.39 is 0 Å². The van der Waals surface area contributed by atoms with E-state index in [9.17, 15) is 9.59 Å². The zero-order valence-electron chi connectivity index (χ0n) is 12.3. The number of Topliss-reactive ketones (excluding diaryl/α,β-unsaturated/α-hetero) is 2. The van der Waals surface area contributed by atoms with Crippen LogP contribution in [0.15, 0.2) is 42.5 Å². The van der Waals surface area contributed by atoms with E-state index >= 15 is 0 Å². The average molecular weight is 292 g/mol. The van der Waals surface area contributed by atoms with Gasteiger partial charge in [0, 0.05) is 29.9 Å². The fourth-order valence-electron chi connectivity index (χ4n) is 3.88. The summed E-state index contributed by atoms with van der Waals surface area (Å²) in [5.74, 6) is 1.20. The van der Waals surface area contributed by atoms with Crippen LogP contribution in [0.3, 0.4) is 0 Å². The van der Waals surface area contributed by atoms with Crippen molar-refractivity contribution in [3.63, 3.8) is 0 Å². The monoisotopic (exact) mass is 292 g/mol. The predicted octanol–water partition coefficient (Wildman–Crippen LogP) is 3.62. The number of carbonyl (C=O) groups excluding carboxylic acids is 2. The van der Waals surface area contributed by atoms with E-state index in [0.29, 0.717) is 12.8 Å². The Hall–Kier alpha value is -2.42. The standard InChI is InChI=1S/C19H16O3/c1-22-12-6-7-14-16(10-12)19-11(9-18(14)21)8-17(20)13-4-2-3-5-15(13)19/h2-7,10-11,19H,8-9H2,1H3. The number of fused-ring (bicyclic) bond motifs is 5. The van der Waals surface area contributed by atoms with Gasteiger partial charge in [-0.05, 0) is 35.2 Å². The molecule has 0 saturated heterocycles. The first kappa shape index (κ1) is 13.3. The molecule has 0 saturated carbocycles. The molecule has 2 aromatic rings. The molecule has 4 rings (SSSR count). The first-order valence-electron chi connectivity index (χ1n) is 7.52. The molecule has 2 atom stereocenters. The fraction of sp³-hybridized carbons (Fsp3) is 0.263. The summed E-state index contributed by atoms with van der Waals surface area (Å²) >= 11 is 0. The topological polar surface area (TPSA) is 43.4 Å². The maximum absolute atomic E-state index is 12.4. The maximum atomic E-state index is 12.4. The summed E-state index contributed by atoms with van der Waals surface area (Å²) < 4.78 is 5.33. The summed E-state index contributed by atoms with van der Waals surface area (Å²) in [6.45, 7) is 0. The number of benzene rings is 2. The molecule has 0 bridgehead atoms. The molecule has 0 amide bonds. The number of hydrogen-bond donors (Lipinski definition) is 0. The van der Waals surface area contributed by atoms with Crippen molar-refractivity contribution in [2.24, 2.45) is 5.92 Å². The van der Waals surface area contributed by atoms with E-state index in [4.69, 9.17) is 4.74 Å². The van der Waals surface area contributed by atoms with Crippen LogP contribution in [0.5, 0.6) is 5.75 Å². The molecule has 0 aliphatic heterocycles. The highest BCUT2D eigenvalue weighted by Gasteiger charge is 2.41. The molecule has 2 aliphatic rings. The Morgan fingerprint density at radius 2 is 1.59 bits per heavy atom. The van der Waals surface area contributed by atoms with Gasteiger partial charge in [0.1, 0.15) is 5.75 Å². The molecule has 3 heteroatoms. The van der Waals surface area contributed by atoms with Crippen LogP contribution >= 0.6 is 0 Å². The Balaban J connectivity index is 1.96. The normalized spacial score (nSPS) is 22.6. The highest BCUT2D eigenvalue weighted by molar-refractivity contribution is 6.04. The SMILES string of the molecule is COc1ccc2c(c1)C1c3ccccc3C(=O)CC1CC2=O. The summed E-state index contributed by atoms with van der Waals surface area (Å²) in [6, 6.07) is 13.4. The van der Waals surface area contributed by atoms with Gasteiger partial charge in [-0.25, -0.2) is 0 Å². The van der Waals surface area contributed by atoms with Crippen LogP contribution < -0.4 is 4.74 Å². The highest BCUT2D eigenvalue weighted by Crippen LogP contribution is 2.47. The minimum Gasteiger partial charge on any atom is -0.497 e. The van der Waals surface area contributed by atoms with Gasteiger partial charge in [-0.1, -0.05) is 24.3 Å². The first-order chi connectivity index (χ1) is 10.7. The van der Waals surface area contributed by atoms with Crippen molar-refractivity contribution in [3.05, 3.63) is 64.7 Å². The van der Waals surface area contributed by atoms with E-state index in [-0.39, 0.29) is 23.4 Å². The van der Waals surface area contributed by atoms with Crippen LogP contribution in [0.4, 0.5) is 0 Å². The van der Waals surface area contributed by atoms with Gasteiger partial charge >= 0.3 is 0 Å². The molecule has 2 aliphatic carbocycles. The number of methoxy groups -OCH3 is 1. The van der Waals surface area contributed by atoms with Crippen LogP contribution in [-0.4, -0.2) is 18.7 Å². The summed E-state index contributed by atoms with van der Waals surface area (Å²) in [5.41, 5.74) is 3.62. The van der Waals surface area contributed by atoms with Gasteiger partial charge < -0.3 is 4.74 Å². The number of rotatable bonds is 1. The van der Waals surface area contributed by atoms with Crippen molar-refractivity contribution in [2.75, 3.05) is 7.11 Å². The van der Waals surface area contributed by atoms with Gasteiger partial charge in [-0.15, -0.1) is 0 Å². The van der Waals surface area contributed by atoms with Crippen LogP contribution in [0.1, 0.15) is 50.6 Å². The molecule has 22 heavy (non-hydrogen) atoms. The zero-order valence-corrected chi connectivity index (χ0v) is 12.3. The fourth-order valence-corrected chi connectivity index (χ4v) is 3.88. The summed E-state index contributed by atoms with van der Waals surface area (Å²) in [5, 5.41) is 0. The molecule has 3 nitrogen and oxygen atoms in total. The summed E-state index contributed by atoms with van der Waals surface area (Å²) in [4.78, 5) is 24.8. The van der Waals surface area contributed by atoms with Crippen molar-refractivity contribution in [1.82, 2.24) is 0 Å².